The van der Waals surface area contributed by atoms with Crippen molar-refractivity contribution in [3.05, 3.63) is 0 Å². The summed E-state index contributed by atoms with van der Waals surface area (Å²) in [6.45, 7) is 1.13. The maximum atomic E-state index is 10.6. The molecule has 0 heterocycles. The molecule has 0 aliphatic carbocycles. The quantitative estimate of drug-likeness (QED) is 0.470. The van der Waals surface area contributed by atoms with Crippen LogP contribution in [0.2, 0.25) is 0 Å². The van der Waals surface area contributed by atoms with E-state index in [-0.39, 0.29) is 0 Å². The lowest BCUT2D eigenvalue weighted by Gasteiger charge is -1.96. The molecule has 0 bridgehead atoms. The average Bonchev–Trinajstić information content (AvgIpc) is 1.86. The van der Waals surface area contributed by atoms with E-state index in [1.54, 1.807) is 0 Å². The van der Waals surface area contributed by atoms with Crippen molar-refractivity contribution in [3.8, 4) is 0 Å². The highest BCUT2D eigenvalue weighted by Gasteiger charge is 2.38. The van der Waals surface area contributed by atoms with Gasteiger partial charge in [0.25, 0.3) is 10.2 Å². The molecule has 0 rings (SSSR count). The van der Waals surface area contributed by atoms with Gasteiger partial charge in [-0.05, 0) is 0 Å². The van der Waals surface area contributed by atoms with Crippen molar-refractivity contribution in [1.82, 2.24) is 0 Å². The highest BCUT2D eigenvalue weighted by Crippen LogP contribution is 2.06. The largest absolute Gasteiger partial charge is 0.322 e. The maximum absolute atomic E-state index is 10.6. The van der Waals surface area contributed by atoms with Crippen LogP contribution in [0, 0.1) is 0 Å². The van der Waals surface area contributed by atoms with Gasteiger partial charge in [0, 0.05) is 13.8 Å². The van der Waals surface area contributed by atoms with Crippen molar-refractivity contribution in [2.75, 3.05) is 0 Å². The van der Waals surface area contributed by atoms with Crippen LogP contribution in [0.3, 0.4) is 0 Å². The number of hydrogen-bond donors (Lipinski definition) is 0. The molecule has 0 unspecified atom stereocenters. The van der Waals surface area contributed by atoms with Gasteiger partial charge in [0.05, 0.1) is 0 Å². The third-order valence-corrected chi connectivity index (χ3v) is 6.12. The van der Waals surface area contributed by atoms with Gasteiger partial charge in [0.1, 0.15) is 0 Å². The lowest BCUT2D eigenvalue weighted by Crippen LogP contribution is -2.27. The predicted molar refractivity (Wildman–Crippen MR) is 39.2 cm³/mol. The Kier molecular flexibility index (Phi) is 2.76. The molecule has 0 amide bonds. The van der Waals surface area contributed by atoms with Crippen molar-refractivity contribution in [2.45, 2.75) is 13.8 Å². The van der Waals surface area contributed by atoms with E-state index in [9.17, 15) is 26.4 Å². The Balaban J connectivity index is 5.70. The molecule has 0 aliphatic rings. The summed E-state index contributed by atoms with van der Waals surface area (Å²) in [6, 6.07) is 0. The molecule has 0 spiro atoms. The molecule has 0 saturated carbocycles. The van der Waals surface area contributed by atoms with E-state index >= 15 is 0 Å². The van der Waals surface area contributed by atoms with Crippen molar-refractivity contribution < 1.29 is 26.4 Å². The molecule has 0 aliphatic heterocycles. The smallest absolute Gasteiger partial charge is 0.281 e. The van der Waals surface area contributed by atoms with Gasteiger partial charge in [-0.15, -0.1) is 0 Å². The Bertz CT molecular complexity index is 368. The summed E-state index contributed by atoms with van der Waals surface area (Å²) >= 11 is 0. The van der Waals surface area contributed by atoms with Gasteiger partial charge in [0.15, 0.2) is 0 Å². The summed E-state index contributed by atoms with van der Waals surface area (Å²) in [4.78, 5) is 20.6. The van der Waals surface area contributed by atoms with Gasteiger partial charge < -0.3 is 0 Å². The molecule has 0 aromatic carbocycles. The van der Waals surface area contributed by atoms with E-state index in [1.165, 1.54) is 0 Å². The van der Waals surface area contributed by atoms with Gasteiger partial charge in [-0.25, -0.2) is 16.8 Å². The number of hydrogen-bond acceptors (Lipinski definition) is 6. The van der Waals surface area contributed by atoms with Crippen LogP contribution >= 0.6 is 0 Å². The van der Waals surface area contributed by atoms with E-state index in [0.717, 1.165) is 0 Å². The normalized spacial score (nSPS) is 12.5. The van der Waals surface area contributed by atoms with Crippen LogP contribution in [-0.2, 0) is 27.3 Å². The van der Waals surface area contributed by atoms with Gasteiger partial charge in [0.2, 0.25) is 0 Å². The summed E-state index contributed by atoms with van der Waals surface area (Å²) in [5, 5.41) is -3.12. The second kappa shape index (κ2) is 2.94. The minimum absolute atomic E-state index is 0.565. The first-order valence-electron chi connectivity index (χ1n) is 2.65. The van der Waals surface area contributed by atoms with Crippen LogP contribution in [-0.4, -0.2) is 27.1 Å². The molecule has 70 valence electrons. The zero-order chi connectivity index (χ0) is 10.2. The first-order valence-corrected chi connectivity index (χ1v) is 6.13. The van der Waals surface area contributed by atoms with Gasteiger partial charge >= 0.3 is 17.7 Å². The topological polar surface area (TPSA) is 102 Å². The molecule has 0 saturated heterocycles. The maximum Gasteiger partial charge on any atom is 0.322 e. The second-order valence-electron chi connectivity index (χ2n) is 1.89. The third kappa shape index (κ3) is 1.53. The van der Waals surface area contributed by atoms with Crippen LogP contribution in [0.25, 0.3) is 0 Å². The summed E-state index contributed by atoms with van der Waals surface area (Å²) < 4.78 is 42.5. The first kappa shape index (κ1) is 11.2. The average molecular weight is 214 g/mol. The standard InChI is InChI=1S/C4H6O6S2/c1-3(5)11(7,8)12(9,10)4(2)6/h1-2H3. The Morgan fingerprint density at radius 2 is 0.917 bits per heavy atom. The third-order valence-electron chi connectivity index (χ3n) is 0.993. The summed E-state index contributed by atoms with van der Waals surface area (Å²) in [5.41, 5.74) is 0. The molecule has 0 fully saturated rings. The van der Waals surface area contributed by atoms with E-state index in [0.29, 0.717) is 13.8 Å². The molecule has 8 heteroatoms. The Morgan fingerprint density at radius 1 is 0.750 bits per heavy atom. The van der Waals surface area contributed by atoms with Crippen molar-refractivity contribution in [1.29, 1.82) is 0 Å². The number of carbonyl (C=O) groups excluding carboxylic acids is 2. The van der Waals surface area contributed by atoms with Crippen LogP contribution in [0.15, 0.2) is 0 Å². The van der Waals surface area contributed by atoms with E-state index < -0.39 is 28.0 Å². The molecule has 0 atom stereocenters. The molecule has 0 radical (unpaired) electrons. The Labute approximate surface area is 68.8 Å². The summed E-state index contributed by atoms with van der Waals surface area (Å²) in [7, 11) is -9.98. The molecule has 0 N–H and O–H groups in total. The van der Waals surface area contributed by atoms with Crippen LogP contribution in [0.1, 0.15) is 13.8 Å². The van der Waals surface area contributed by atoms with Gasteiger partial charge in [-0.1, -0.05) is 0 Å². The minimum Gasteiger partial charge on any atom is -0.281 e. The molecule has 6 nitrogen and oxygen atoms in total. The van der Waals surface area contributed by atoms with Gasteiger partial charge in [-0.3, -0.25) is 9.59 Å². The lowest BCUT2D eigenvalue weighted by molar-refractivity contribution is -0.111. The van der Waals surface area contributed by atoms with Crippen LogP contribution in [0.5, 0.6) is 0 Å². The highest BCUT2D eigenvalue weighted by atomic mass is 33.2. The lowest BCUT2D eigenvalue weighted by atomic mass is 10.9. The first-order chi connectivity index (χ1) is 5.14. The van der Waals surface area contributed by atoms with E-state index in [4.69, 9.17) is 0 Å². The van der Waals surface area contributed by atoms with Crippen molar-refractivity contribution in [3.63, 3.8) is 0 Å². The fraction of sp³-hybridized carbons (Fsp3) is 0.500. The second-order valence-corrected chi connectivity index (χ2v) is 7.49. The molecular formula is C4H6O6S2. The van der Waals surface area contributed by atoms with Crippen LogP contribution < -0.4 is 0 Å². The highest BCUT2D eigenvalue weighted by molar-refractivity contribution is 8.77. The molecule has 0 aromatic heterocycles. The predicted octanol–water partition coefficient (Wildman–Crippen LogP) is -1.18. The van der Waals surface area contributed by atoms with E-state index in [2.05, 4.69) is 0 Å². The fourth-order valence-corrected chi connectivity index (χ4v) is 2.78. The summed E-state index contributed by atoms with van der Waals surface area (Å²) in [6.07, 6.45) is 0. The fourth-order valence-electron chi connectivity index (χ4n) is 0.309. The zero-order valence-electron chi connectivity index (χ0n) is 6.27. The number of carbonyl (C=O) groups is 2. The van der Waals surface area contributed by atoms with Crippen molar-refractivity contribution >= 4 is 28.0 Å². The van der Waals surface area contributed by atoms with E-state index in [1.807, 2.05) is 0 Å². The SMILES string of the molecule is CC(=O)S(=O)(=O)S(=O)(=O)C(C)=O. The van der Waals surface area contributed by atoms with Gasteiger partial charge in [-0.2, -0.15) is 0 Å². The molecular weight excluding hydrogens is 208 g/mol. The summed E-state index contributed by atoms with van der Waals surface area (Å²) in [5.74, 6) is 0. The monoisotopic (exact) mass is 214 g/mol. The van der Waals surface area contributed by atoms with Crippen molar-refractivity contribution in [2.24, 2.45) is 0 Å². The van der Waals surface area contributed by atoms with Crippen LogP contribution in [0.4, 0.5) is 0 Å². The molecule has 12 heavy (non-hydrogen) atoms. The zero-order valence-corrected chi connectivity index (χ0v) is 7.90. The minimum atomic E-state index is -4.99. The molecule has 0 aromatic rings. The Morgan fingerprint density at radius 3 is 1.00 bits per heavy atom. The Hall–Kier alpha value is -0.760. The number of rotatable bonds is 0.